The Morgan fingerprint density at radius 3 is 2.48 bits per heavy atom. The second kappa shape index (κ2) is 9.94. The average molecular weight is 360 g/mol. The van der Waals surface area contributed by atoms with E-state index in [4.69, 9.17) is 11.3 Å². The Bertz CT molecular complexity index is 537. The van der Waals surface area contributed by atoms with E-state index in [-0.39, 0.29) is 0 Å². The molecule has 0 aromatic heterocycles. The fourth-order valence-electron chi connectivity index (χ4n) is 2.26. The number of hydrogen-bond acceptors (Lipinski definition) is 7. The summed E-state index contributed by atoms with van der Waals surface area (Å²) in [5.74, 6) is -4.05. The molecule has 1 saturated heterocycles. The zero-order chi connectivity index (χ0) is 19.9. The number of carbonyl (C=O) groups is 4. The number of carbonyl (C=O) groups excluding carboxylic acids is 3. The summed E-state index contributed by atoms with van der Waals surface area (Å²) >= 11 is 0. The first-order valence-electron chi connectivity index (χ1n) is 8.51. The van der Waals surface area contributed by atoms with Crippen LogP contribution in [0.15, 0.2) is 0 Å². The van der Waals surface area contributed by atoms with Crippen LogP contribution in [0.5, 0.6) is 0 Å². The molecule has 5 N–H and O–H groups in total. The van der Waals surface area contributed by atoms with E-state index < -0.39 is 61.0 Å². The maximum absolute atomic E-state index is 12.4. The third kappa shape index (κ3) is 7.06. The molecule has 3 atom stereocenters. The minimum atomic E-state index is -1.65. The Morgan fingerprint density at radius 1 is 1.32 bits per heavy atom. The normalized spacial score (nSPS) is 19.7. The van der Waals surface area contributed by atoms with Crippen molar-refractivity contribution in [3.05, 3.63) is 0 Å². The van der Waals surface area contributed by atoms with Crippen molar-refractivity contribution < 1.29 is 35.5 Å². The lowest BCUT2D eigenvalue weighted by Crippen LogP contribution is -2.56. The van der Waals surface area contributed by atoms with Crippen LogP contribution in [0, 0.1) is 0 Å². The highest BCUT2D eigenvalue weighted by atomic mass is 16.5. The Hall–Kier alpha value is -2.20. The lowest BCUT2D eigenvalue weighted by molar-refractivity contribution is -0.152. The highest BCUT2D eigenvalue weighted by molar-refractivity contribution is 5.94. The van der Waals surface area contributed by atoms with E-state index in [9.17, 15) is 24.3 Å². The van der Waals surface area contributed by atoms with E-state index in [1.165, 1.54) is 0 Å². The van der Waals surface area contributed by atoms with Crippen molar-refractivity contribution in [2.45, 2.75) is 57.3 Å². The van der Waals surface area contributed by atoms with E-state index in [1.807, 2.05) is 0 Å². The number of aliphatic hydroxyl groups excluding tert-OH is 1. The zero-order valence-electron chi connectivity index (χ0n) is 15.2. The van der Waals surface area contributed by atoms with E-state index in [0.717, 1.165) is 6.42 Å². The molecule has 10 nitrogen and oxygen atoms in total. The minimum Gasteiger partial charge on any atom is -0.481 e. The molecule has 1 heterocycles. The number of nitrogens with one attached hydrogen (secondary N) is 3. The lowest BCUT2D eigenvalue weighted by Gasteiger charge is -2.22. The van der Waals surface area contributed by atoms with Crippen molar-refractivity contribution in [1.29, 1.82) is 0 Å². The molecule has 10 heteroatoms. The van der Waals surface area contributed by atoms with Crippen LogP contribution < -0.4 is 15.9 Å². The molecule has 0 bridgehead atoms. The molecule has 0 saturated carbocycles. The molecule has 1 aliphatic rings. The van der Waals surface area contributed by atoms with Crippen molar-refractivity contribution in [1.82, 2.24) is 15.9 Å². The quantitative estimate of drug-likeness (QED) is 0.300. The van der Waals surface area contributed by atoms with E-state index in [2.05, 4.69) is 10.6 Å². The number of hydrogen-bond donors (Lipinski definition) is 5. The number of carboxylic acids is 1. The van der Waals surface area contributed by atoms with Gasteiger partial charge in [0, 0.05) is 0 Å². The van der Waals surface area contributed by atoms with E-state index in [0.29, 0.717) is 18.3 Å². The highest BCUT2D eigenvalue weighted by Gasteiger charge is 2.31. The predicted molar refractivity (Wildman–Crippen MR) is 85.5 cm³/mol. The molecule has 1 fully saturated rings. The van der Waals surface area contributed by atoms with Gasteiger partial charge in [0.25, 0.3) is 0 Å². The molecule has 1 aliphatic heterocycles. The van der Waals surface area contributed by atoms with Gasteiger partial charge in [-0.3, -0.25) is 14.4 Å². The summed E-state index contributed by atoms with van der Waals surface area (Å²) < 4.78 is 12.8. The second-order valence-electron chi connectivity index (χ2n) is 5.96. The van der Waals surface area contributed by atoms with Crippen LogP contribution >= 0.6 is 0 Å². The van der Waals surface area contributed by atoms with Crippen LogP contribution in [0.25, 0.3) is 0 Å². The van der Waals surface area contributed by atoms with Crippen LogP contribution in [-0.2, 0) is 23.9 Å². The van der Waals surface area contributed by atoms with Gasteiger partial charge in [0.15, 0.2) is 7.45 Å². The largest absolute Gasteiger partial charge is 0.481 e. The lowest BCUT2D eigenvalue weighted by atomic mass is 10.1. The summed E-state index contributed by atoms with van der Waals surface area (Å²) in [6, 6.07) is -3.73. The summed E-state index contributed by atoms with van der Waals surface area (Å²) in [7, 11) is 0. The summed E-state index contributed by atoms with van der Waals surface area (Å²) in [5.41, 5.74) is 0. The molecule has 25 heavy (non-hydrogen) atoms. The molecule has 0 unspecified atom stereocenters. The molecule has 0 aromatic carbocycles. The van der Waals surface area contributed by atoms with Crippen molar-refractivity contribution in [3.63, 3.8) is 0 Å². The SMILES string of the molecule is [2H]N(C(=O)[C@H]1CCCN1)[C@@H](CC(=O)O)C(=O)N[C@@H](CO)C(=O)OC(C)C. The van der Waals surface area contributed by atoms with Gasteiger partial charge < -0.3 is 30.9 Å². The monoisotopic (exact) mass is 360 g/mol. The van der Waals surface area contributed by atoms with Gasteiger partial charge in [0.2, 0.25) is 11.8 Å². The number of carboxylic acid groups (broad SMARTS) is 1. The zero-order valence-corrected chi connectivity index (χ0v) is 14.2. The Kier molecular flexibility index (Phi) is 7.61. The molecule has 0 aromatic rings. The Labute approximate surface area is 146 Å². The number of amides is 2. The molecule has 142 valence electrons. The number of ether oxygens (including phenoxy) is 1. The summed E-state index contributed by atoms with van der Waals surface area (Å²) in [6.45, 7) is 2.99. The van der Waals surface area contributed by atoms with Crippen molar-refractivity contribution in [2.75, 3.05) is 13.2 Å². The number of aliphatic hydroxyl groups is 1. The van der Waals surface area contributed by atoms with Gasteiger partial charge in [-0.25, -0.2) is 4.79 Å². The van der Waals surface area contributed by atoms with Gasteiger partial charge in [-0.05, 0) is 33.2 Å². The van der Waals surface area contributed by atoms with Crippen molar-refractivity contribution in [2.24, 2.45) is 0 Å². The van der Waals surface area contributed by atoms with Gasteiger partial charge in [0.1, 0.15) is 6.04 Å². The number of rotatable bonds is 9. The highest BCUT2D eigenvalue weighted by Crippen LogP contribution is 2.06. The van der Waals surface area contributed by atoms with Gasteiger partial charge in [-0.2, -0.15) is 0 Å². The van der Waals surface area contributed by atoms with Gasteiger partial charge >= 0.3 is 11.9 Å². The maximum atomic E-state index is 12.4. The molecule has 0 radical (unpaired) electrons. The van der Waals surface area contributed by atoms with Crippen LogP contribution in [0.2, 0.25) is 1.41 Å². The predicted octanol–water partition coefficient (Wildman–Crippen LogP) is -1.87. The molecular weight excluding hydrogens is 334 g/mol. The molecule has 2 amide bonds. The van der Waals surface area contributed by atoms with Gasteiger partial charge in [0.05, 0.1) is 25.2 Å². The molecule has 1 rings (SSSR count). The molecular formula is C15H25N3O7. The second-order valence-corrected chi connectivity index (χ2v) is 5.96. The Balaban J connectivity index is 2.85. The Morgan fingerprint density at radius 2 is 2.00 bits per heavy atom. The van der Waals surface area contributed by atoms with Crippen LogP contribution in [0.4, 0.5) is 0 Å². The molecule has 0 spiro atoms. The fraction of sp³-hybridized carbons (Fsp3) is 0.733. The third-order valence-corrected chi connectivity index (χ3v) is 3.45. The standard InChI is InChI=1S/C15H25N3O7/c1-8(2)25-15(24)11(7-19)18-14(23)10(6-12(20)21)17-13(22)9-4-3-5-16-9/h8-11,16,19H,3-7H2,1-2H3,(H,17,22)(H,18,23)(H,20,21)/t9-,10+,11+/m1/s1/i/hD. The summed E-state index contributed by atoms with van der Waals surface area (Å²) in [4.78, 5) is 47.5. The van der Waals surface area contributed by atoms with Gasteiger partial charge in [-0.1, -0.05) is 0 Å². The minimum absolute atomic E-state index is 0.314. The van der Waals surface area contributed by atoms with E-state index >= 15 is 0 Å². The van der Waals surface area contributed by atoms with Crippen LogP contribution in [-0.4, -0.2) is 71.3 Å². The van der Waals surface area contributed by atoms with Gasteiger partial charge in [-0.15, -0.1) is 0 Å². The average Bonchev–Trinajstić information content (AvgIpc) is 3.09. The van der Waals surface area contributed by atoms with Crippen LogP contribution in [0.3, 0.4) is 0 Å². The first kappa shape index (κ1) is 19.1. The summed E-state index contributed by atoms with van der Waals surface area (Å²) in [6.07, 6.45) is -0.0833. The number of aliphatic carboxylic acids is 1. The first-order chi connectivity index (χ1) is 12.2. The smallest absolute Gasteiger partial charge is 0.331 e. The fourth-order valence-corrected chi connectivity index (χ4v) is 2.26. The third-order valence-electron chi connectivity index (χ3n) is 3.45. The topological polar surface area (TPSA) is 154 Å². The van der Waals surface area contributed by atoms with Crippen molar-refractivity contribution >= 4 is 23.8 Å². The first-order valence-corrected chi connectivity index (χ1v) is 8.06. The number of esters is 1. The maximum Gasteiger partial charge on any atom is 0.331 e. The van der Waals surface area contributed by atoms with E-state index in [1.54, 1.807) is 13.8 Å². The molecule has 0 aliphatic carbocycles. The van der Waals surface area contributed by atoms with Crippen LogP contribution in [0.1, 0.15) is 33.1 Å². The van der Waals surface area contributed by atoms with Crippen molar-refractivity contribution in [3.8, 4) is 0 Å². The summed E-state index contributed by atoms with van der Waals surface area (Å²) in [5, 5.41) is 23.6.